The summed E-state index contributed by atoms with van der Waals surface area (Å²) in [6.07, 6.45) is 2.01. The van der Waals surface area contributed by atoms with E-state index in [4.69, 9.17) is 34.8 Å². The van der Waals surface area contributed by atoms with Gasteiger partial charge in [0.15, 0.2) is 0 Å². The Hall–Kier alpha value is 0.310. The SMILES string of the molecule is CN(SC(Cl)(Cl)Cl)C(=O)O/N=C/C(C)(C)S(C)=O. The number of carbonyl (C=O) groups is 1. The minimum atomic E-state index is -1.67. The van der Waals surface area contributed by atoms with E-state index < -0.39 is 24.8 Å². The second-order valence-electron chi connectivity index (χ2n) is 3.68. The van der Waals surface area contributed by atoms with Crippen LogP contribution in [0.2, 0.25) is 0 Å². The van der Waals surface area contributed by atoms with Crippen LogP contribution in [-0.4, -0.2) is 42.0 Å². The summed E-state index contributed by atoms with van der Waals surface area (Å²) in [5, 5.41) is 3.46. The molecule has 0 spiro atoms. The number of amides is 1. The number of halogens is 3. The largest absolute Gasteiger partial charge is 0.445 e. The van der Waals surface area contributed by atoms with Gasteiger partial charge in [0.05, 0.1) is 11.0 Å². The molecule has 0 saturated heterocycles. The molecule has 0 aliphatic rings. The number of oxime groups is 1. The maximum Gasteiger partial charge on any atom is 0.445 e. The van der Waals surface area contributed by atoms with Crippen LogP contribution < -0.4 is 0 Å². The Morgan fingerprint density at radius 3 is 2.33 bits per heavy atom. The molecule has 0 aliphatic carbocycles. The van der Waals surface area contributed by atoms with Crippen molar-refractivity contribution in [3.63, 3.8) is 0 Å². The molecule has 0 aromatic carbocycles. The summed E-state index contributed by atoms with van der Waals surface area (Å²) in [4.78, 5) is 16.0. The lowest BCUT2D eigenvalue weighted by Crippen LogP contribution is -2.28. The van der Waals surface area contributed by atoms with Gasteiger partial charge in [0.25, 0.3) is 3.12 Å². The van der Waals surface area contributed by atoms with Crippen molar-refractivity contribution >= 4 is 69.9 Å². The Morgan fingerprint density at radius 1 is 1.44 bits per heavy atom. The number of carbonyl (C=O) groups excluding carboxylic acids is 1. The summed E-state index contributed by atoms with van der Waals surface area (Å²) in [5.41, 5.74) is 0. The van der Waals surface area contributed by atoms with E-state index in [9.17, 15) is 9.00 Å². The molecule has 0 heterocycles. The third kappa shape index (κ3) is 7.68. The van der Waals surface area contributed by atoms with E-state index >= 15 is 0 Å². The fourth-order valence-electron chi connectivity index (χ4n) is 0.523. The Bertz CT molecular complexity index is 358. The van der Waals surface area contributed by atoms with Crippen LogP contribution >= 0.6 is 46.8 Å². The Kier molecular flexibility index (Phi) is 7.31. The molecule has 106 valence electrons. The predicted octanol–water partition coefficient (Wildman–Crippen LogP) is 3.17. The zero-order valence-corrected chi connectivity index (χ0v) is 14.0. The minimum Gasteiger partial charge on any atom is -0.298 e. The molecular weight excluding hydrogens is 343 g/mol. The van der Waals surface area contributed by atoms with Crippen LogP contribution in [0.25, 0.3) is 0 Å². The zero-order chi connectivity index (χ0) is 14.6. The fourth-order valence-corrected chi connectivity index (χ4v) is 2.06. The summed E-state index contributed by atoms with van der Waals surface area (Å²) in [7, 11) is 0.229. The van der Waals surface area contributed by atoms with Gasteiger partial charge < -0.3 is 0 Å². The van der Waals surface area contributed by atoms with Gasteiger partial charge in [0, 0.05) is 36.1 Å². The van der Waals surface area contributed by atoms with Crippen LogP contribution in [0.5, 0.6) is 0 Å². The van der Waals surface area contributed by atoms with Crippen molar-refractivity contribution in [2.75, 3.05) is 13.3 Å². The number of nitrogens with zero attached hydrogens (tertiary/aromatic N) is 2. The number of alkyl halides is 3. The van der Waals surface area contributed by atoms with E-state index in [0.29, 0.717) is 11.9 Å². The third-order valence-electron chi connectivity index (χ3n) is 1.73. The highest BCUT2D eigenvalue weighted by Gasteiger charge is 2.27. The molecule has 0 radical (unpaired) electrons. The van der Waals surface area contributed by atoms with E-state index in [2.05, 4.69) is 9.99 Å². The number of rotatable bonds is 4. The van der Waals surface area contributed by atoms with Crippen LogP contribution in [0.4, 0.5) is 4.79 Å². The lowest BCUT2D eigenvalue weighted by molar-refractivity contribution is 0.137. The smallest absolute Gasteiger partial charge is 0.298 e. The molecule has 1 amide bonds. The van der Waals surface area contributed by atoms with Gasteiger partial charge in [-0.3, -0.25) is 9.05 Å². The van der Waals surface area contributed by atoms with E-state index in [1.165, 1.54) is 19.5 Å². The summed E-state index contributed by atoms with van der Waals surface area (Å²) < 4.78 is 9.90. The van der Waals surface area contributed by atoms with Gasteiger partial charge in [-0.05, 0) is 13.8 Å². The summed E-state index contributed by atoms with van der Waals surface area (Å²) >= 11 is 17.1. The van der Waals surface area contributed by atoms with Crippen molar-refractivity contribution in [2.24, 2.45) is 5.16 Å². The molecule has 0 aromatic heterocycles. The van der Waals surface area contributed by atoms with Gasteiger partial charge in [0.1, 0.15) is 0 Å². The molecule has 1 atom stereocenters. The average molecular weight is 356 g/mol. The highest BCUT2D eigenvalue weighted by Crippen LogP contribution is 2.40. The third-order valence-corrected chi connectivity index (χ3v) is 4.57. The molecule has 18 heavy (non-hydrogen) atoms. The van der Waals surface area contributed by atoms with Crippen molar-refractivity contribution < 1.29 is 13.8 Å². The summed E-state index contributed by atoms with van der Waals surface area (Å²) in [6, 6.07) is 0. The second-order valence-corrected chi connectivity index (χ2v) is 9.94. The van der Waals surface area contributed by atoms with Crippen molar-refractivity contribution in [2.45, 2.75) is 21.7 Å². The maximum atomic E-state index is 11.4. The molecule has 0 saturated carbocycles. The van der Waals surface area contributed by atoms with Crippen molar-refractivity contribution in [1.82, 2.24) is 4.31 Å². The van der Waals surface area contributed by atoms with Gasteiger partial charge >= 0.3 is 6.09 Å². The summed E-state index contributed by atoms with van der Waals surface area (Å²) in [6.45, 7) is 3.39. The molecule has 0 aliphatic heterocycles. The minimum absolute atomic E-state index is 0.650. The Balaban J connectivity index is 4.35. The van der Waals surface area contributed by atoms with Crippen LogP contribution in [0.1, 0.15) is 13.8 Å². The lowest BCUT2D eigenvalue weighted by atomic mass is 10.2. The van der Waals surface area contributed by atoms with E-state index in [1.807, 2.05) is 0 Å². The maximum absolute atomic E-state index is 11.4. The van der Waals surface area contributed by atoms with E-state index in [0.717, 1.165) is 4.31 Å². The number of hydrogen-bond donors (Lipinski definition) is 0. The molecule has 10 heteroatoms. The van der Waals surface area contributed by atoms with Crippen LogP contribution in [0.15, 0.2) is 5.16 Å². The normalized spacial score (nSPS) is 14.6. The zero-order valence-electron chi connectivity index (χ0n) is 10.1. The first-order chi connectivity index (χ1) is 7.96. The van der Waals surface area contributed by atoms with Crippen molar-refractivity contribution in [3.05, 3.63) is 0 Å². The lowest BCUT2D eigenvalue weighted by Gasteiger charge is -2.18. The van der Waals surface area contributed by atoms with Gasteiger partial charge in [-0.15, -0.1) is 0 Å². The average Bonchev–Trinajstić information content (AvgIpc) is 2.14. The van der Waals surface area contributed by atoms with Gasteiger partial charge in [-0.1, -0.05) is 40.0 Å². The van der Waals surface area contributed by atoms with Gasteiger partial charge in [-0.25, -0.2) is 9.10 Å². The first-order valence-electron chi connectivity index (χ1n) is 4.54. The second kappa shape index (κ2) is 7.19. The molecule has 5 nitrogen and oxygen atoms in total. The molecular formula is C8H13Cl3N2O3S2. The van der Waals surface area contributed by atoms with Crippen LogP contribution in [-0.2, 0) is 15.6 Å². The Labute approximate surface area is 128 Å². The molecule has 0 rings (SSSR count). The quantitative estimate of drug-likeness (QED) is 0.255. The van der Waals surface area contributed by atoms with Gasteiger partial charge in [-0.2, -0.15) is 0 Å². The molecule has 0 bridgehead atoms. The van der Waals surface area contributed by atoms with Gasteiger partial charge in [0.2, 0.25) is 0 Å². The van der Waals surface area contributed by atoms with E-state index in [-0.39, 0.29) is 0 Å². The number of hydrogen-bond acceptors (Lipinski definition) is 5. The standard InChI is InChI=1S/C8H13Cl3N2O3S2/c1-7(2,18(4)15)5-12-16-6(14)13(3)17-8(9,10)11/h5H,1-4H3/b12-5+. The predicted molar refractivity (Wildman–Crippen MR) is 78.8 cm³/mol. The van der Waals surface area contributed by atoms with Crippen molar-refractivity contribution in [3.8, 4) is 0 Å². The highest BCUT2D eigenvalue weighted by atomic mass is 35.6. The fraction of sp³-hybridized carbons (Fsp3) is 0.750. The Morgan fingerprint density at radius 2 is 1.94 bits per heavy atom. The van der Waals surface area contributed by atoms with Crippen LogP contribution in [0, 0.1) is 0 Å². The van der Waals surface area contributed by atoms with E-state index in [1.54, 1.807) is 13.8 Å². The summed E-state index contributed by atoms with van der Waals surface area (Å²) in [5.74, 6) is 0. The molecule has 0 fully saturated rings. The topological polar surface area (TPSA) is 59.0 Å². The molecule has 1 unspecified atom stereocenters. The van der Waals surface area contributed by atoms with Crippen LogP contribution in [0.3, 0.4) is 0 Å². The van der Waals surface area contributed by atoms with Crippen molar-refractivity contribution in [1.29, 1.82) is 0 Å². The molecule has 0 aromatic rings. The molecule has 0 N–H and O–H groups in total. The monoisotopic (exact) mass is 354 g/mol. The highest BCUT2D eigenvalue weighted by molar-refractivity contribution is 8.03. The first-order valence-corrected chi connectivity index (χ1v) is 8.01. The first kappa shape index (κ1) is 18.3.